The molecular formula is C17H17N3O5. The Hall–Kier alpha value is -3.42. The summed E-state index contributed by atoms with van der Waals surface area (Å²) in [5.41, 5.74) is 3.65. The van der Waals surface area contributed by atoms with Crippen molar-refractivity contribution in [3.8, 4) is 11.5 Å². The Kier molecular flexibility index (Phi) is 5.67. The van der Waals surface area contributed by atoms with Crippen LogP contribution in [-0.4, -0.2) is 30.8 Å². The molecule has 0 fully saturated rings. The van der Waals surface area contributed by atoms with Crippen molar-refractivity contribution in [1.82, 2.24) is 5.43 Å². The number of carbonyl (C=O) groups is 1. The second-order valence-corrected chi connectivity index (χ2v) is 5.02. The van der Waals surface area contributed by atoms with Crippen molar-refractivity contribution < 1.29 is 19.2 Å². The number of nitro groups is 1. The number of hydrazone groups is 1. The molecule has 0 heterocycles. The lowest BCUT2D eigenvalue weighted by molar-refractivity contribution is -0.384. The van der Waals surface area contributed by atoms with Crippen molar-refractivity contribution >= 4 is 17.3 Å². The predicted molar refractivity (Wildman–Crippen MR) is 92.3 cm³/mol. The Morgan fingerprint density at radius 3 is 2.44 bits per heavy atom. The van der Waals surface area contributed by atoms with Crippen molar-refractivity contribution in [3.05, 3.63) is 63.7 Å². The van der Waals surface area contributed by atoms with E-state index < -0.39 is 10.8 Å². The van der Waals surface area contributed by atoms with Gasteiger partial charge in [0.1, 0.15) is 0 Å². The molecule has 0 saturated heterocycles. The van der Waals surface area contributed by atoms with E-state index in [1.165, 1.54) is 38.5 Å². The van der Waals surface area contributed by atoms with Crippen molar-refractivity contribution in [2.24, 2.45) is 5.10 Å². The fraction of sp³-hybridized carbons (Fsp3) is 0.176. The van der Waals surface area contributed by atoms with Gasteiger partial charge in [0, 0.05) is 23.3 Å². The number of nitro benzene ring substituents is 1. The Labute approximate surface area is 144 Å². The third-order valence-corrected chi connectivity index (χ3v) is 3.45. The highest BCUT2D eigenvalue weighted by atomic mass is 16.6. The third kappa shape index (κ3) is 4.31. The Bertz CT molecular complexity index is 833. The van der Waals surface area contributed by atoms with Crippen molar-refractivity contribution in [3.63, 3.8) is 0 Å². The zero-order chi connectivity index (χ0) is 18.4. The maximum absolute atomic E-state index is 12.1. The van der Waals surface area contributed by atoms with E-state index in [9.17, 15) is 14.9 Å². The van der Waals surface area contributed by atoms with Crippen LogP contribution < -0.4 is 14.9 Å². The molecule has 0 unspecified atom stereocenters. The predicted octanol–water partition coefficient (Wildman–Crippen LogP) is 2.77. The normalized spacial score (nSPS) is 10.9. The summed E-state index contributed by atoms with van der Waals surface area (Å²) >= 11 is 0. The Balaban J connectivity index is 2.16. The van der Waals surface area contributed by atoms with Gasteiger partial charge in [-0.3, -0.25) is 14.9 Å². The molecule has 130 valence electrons. The van der Waals surface area contributed by atoms with Crippen LogP contribution in [0.4, 0.5) is 5.69 Å². The lowest BCUT2D eigenvalue weighted by Gasteiger charge is -2.09. The average molecular weight is 343 g/mol. The van der Waals surface area contributed by atoms with Crippen molar-refractivity contribution in [2.45, 2.75) is 6.92 Å². The van der Waals surface area contributed by atoms with Crippen LogP contribution in [0.3, 0.4) is 0 Å². The van der Waals surface area contributed by atoms with E-state index in [1.807, 2.05) is 0 Å². The molecule has 0 aliphatic rings. The minimum absolute atomic E-state index is 0.151. The smallest absolute Gasteiger partial charge is 0.271 e. The number of methoxy groups -OCH3 is 2. The van der Waals surface area contributed by atoms with Crippen LogP contribution in [0.2, 0.25) is 0 Å². The van der Waals surface area contributed by atoms with Gasteiger partial charge in [-0.25, -0.2) is 5.43 Å². The second-order valence-electron chi connectivity index (χ2n) is 5.02. The molecule has 2 aromatic rings. The first-order chi connectivity index (χ1) is 12.0. The molecule has 1 N–H and O–H groups in total. The number of nitrogens with one attached hydrogen (secondary N) is 1. The van der Waals surface area contributed by atoms with Gasteiger partial charge in [0.2, 0.25) is 0 Å². The molecule has 0 aliphatic heterocycles. The molecule has 0 spiro atoms. The van der Waals surface area contributed by atoms with Crippen LogP contribution >= 0.6 is 0 Å². The number of carbonyl (C=O) groups excluding carboxylic acids is 1. The first-order valence-electron chi connectivity index (χ1n) is 7.27. The number of benzene rings is 2. The summed E-state index contributed by atoms with van der Waals surface area (Å²) in [6.45, 7) is 1.72. The summed E-state index contributed by atoms with van der Waals surface area (Å²) < 4.78 is 10.4. The molecule has 0 aromatic heterocycles. The Morgan fingerprint density at radius 2 is 1.80 bits per heavy atom. The van der Waals surface area contributed by atoms with Crippen molar-refractivity contribution in [2.75, 3.05) is 14.2 Å². The minimum atomic E-state index is -0.561. The number of amides is 1. The SMILES string of the molecule is COc1ccc(/C(C)=N/NC(=O)c2cccc([N+](=O)[O-])c2)cc1OC. The topological polar surface area (TPSA) is 103 Å². The lowest BCUT2D eigenvalue weighted by atomic mass is 10.1. The van der Waals surface area contributed by atoms with E-state index in [4.69, 9.17) is 9.47 Å². The first kappa shape index (κ1) is 17.9. The second kappa shape index (κ2) is 7.91. The molecule has 2 rings (SSSR count). The van der Waals surface area contributed by atoms with Gasteiger partial charge in [-0.1, -0.05) is 6.07 Å². The summed E-state index contributed by atoms with van der Waals surface area (Å²) in [5.74, 6) is 0.586. The number of hydrogen-bond donors (Lipinski definition) is 1. The molecule has 0 bridgehead atoms. The summed E-state index contributed by atoms with van der Waals surface area (Å²) in [6.07, 6.45) is 0. The molecule has 25 heavy (non-hydrogen) atoms. The number of non-ortho nitro benzene ring substituents is 1. The molecular weight excluding hydrogens is 326 g/mol. The maximum Gasteiger partial charge on any atom is 0.271 e. The van der Waals surface area contributed by atoms with Gasteiger partial charge in [0.05, 0.1) is 24.9 Å². The summed E-state index contributed by atoms with van der Waals surface area (Å²) in [6, 6.07) is 10.7. The third-order valence-electron chi connectivity index (χ3n) is 3.45. The van der Waals surface area contributed by atoms with Gasteiger partial charge in [-0.15, -0.1) is 0 Å². The monoisotopic (exact) mass is 343 g/mol. The molecule has 0 atom stereocenters. The highest BCUT2D eigenvalue weighted by Gasteiger charge is 2.11. The van der Waals surface area contributed by atoms with Crippen LogP contribution in [0.5, 0.6) is 11.5 Å². The van der Waals surface area contributed by atoms with E-state index in [2.05, 4.69) is 10.5 Å². The van der Waals surface area contributed by atoms with Gasteiger partial charge >= 0.3 is 0 Å². The standard InChI is InChI=1S/C17H17N3O5/c1-11(12-7-8-15(24-2)16(10-12)25-3)18-19-17(21)13-5-4-6-14(9-13)20(22)23/h4-10H,1-3H3,(H,19,21)/b18-11+. The minimum Gasteiger partial charge on any atom is -0.493 e. The van der Waals surface area contributed by atoms with Crippen LogP contribution in [0.15, 0.2) is 47.6 Å². The van der Waals surface area contributed by atoms with E-state index in [-0.39, 0.29) is 11.3 Å². The van der Waals surface area contributed by atoms with Crippen LogP contribution in [0.1, 0.15) is 22.8 Å². The largest absolute Gasteiger partial charge is 0.493 e. The zero-order valence-corrected chi connectivity index (χ0v) is 14.0. The molecule has 2 aromatic carbocycles. The summed E-state index contributed by atoms with van der Waals surface area (Å²) in [4.78, 5) is 22.3. The summed E-state index contributed by atoms with van der Waals surface area (Å²) in [7, 11) is 3.07. The molecule has 0 saturated carbocycles. The molecule has 8 nitrogen and oxygen atoms in total. The van der Waals surface area contributed by atoms with Crippen LogP contribution in [0, 0.1) is 10.1 Å². The van der Waals surface area contributed by atoms with Gasteiger partial charge < -0.3 is 9.47 Å². The van der Waals surface area contributed by atoms with Gasteiger partial charge in [-0.05, 0) is 31.2 Å². The van der Waals surface area contributed by atoms with E-state index >= 15 is 0 Å². The number of hydrogen-bond acceptors (Lipinski definition) is 6. The molecule has 8 heteroatoms. The lowest BCUT2D eigenvalue weighted by Crippen LogP contribution is -2.19. The average Bonchev–Trinajstić information content (AvgIpc) is 2.65. The van der Waals surface area contributed by atoms with Crippen LogP contribution in [-0.2, 0) is 0 Å². The zero-order valence-electron chi connectivity index (χ0n) is 14.0. The van der Waals surface area contributed by atoms with E-state index in [0.29, 0.717) is 17.2 Å². The number of ether oxygens (including phenoxy) is 2. The fourth-order valence-electron chi connectivity index (χ4n) is 2.09. The highest BCUT2D eigenvalue weighted by molar-refractivity contribution is 6.01. The molecule has 1 amide bonds. The molecule has 0 aliphatic carbocycles. The van der Waals surface area contributed by atoms with Gasteiger partial charge in [0.15, 0.2) is 11.5 Å². The van der Waals surface area contributed by atoms with Crippen LogP contribution in [0.25, 0.3) is 0 Å². The number of nitrogens with zero attached hydrogens (tertiary/aromatic N) is 2. The molecule has 0 radical (unpaired) electrons. The number of rotatable bonds is 6. The van der Waals surface area contributed by atoms with Crippen molar-refractivity contribution in [1.29, 1.82) is 0 Å². The van der Waals surface area contributed by atoms with E-state index in [0.717, 1.165) is 5.56 Å². The van der Waals surface area contributed by atoms with Gasteiger partial charge in [0.25, 0.3) is 11.6 Å². The summed E-state index contributed by atoms with van der Waals surface area (Å²) in [5, 5.41) is 14.8. The maximum atomic E-state index is 12.1. The highest BCUT2D eigenvalue weighted by Crippen LogP contribution is 2.27. The first-order valence-corrected chi connectivity index (χ1v) is 7.27. The fourth-order valence-corrected chi connectivity index (χ4v) is 2.09. The quantitative estimate of drug-likeness (QED) is 0.493. The van der Waals surface area contributed by atoms with Gasteiger partial charge in [-0.2, -0.15) is 5.10 Å². The Morgan fingerprint density at radius 1 is 1.08 bits per heavy atom. The van der Waals surface area contributed by atoms with E-state index in [1.54, 1.807) is 25.1 Å².